The summed E-state index contributed by atoms with van der Waals surface area (Å²) in [5.74, 6) is 1.13. The number of nitrogens with zero attached hydrogens (tertiary/aromatic N) is 2. The van der Waals surface area contributed by atoms with Crippen molar-refractivity contribution >= 4 is 37.2 Å². The van der Waals surface area contributed by atoms with Gasteiger partial charge in [0.2, 0.25) is 0 Å². The molecule has 0 saturated carbocycles. The van der Waals surface area contributed by atoms with Gasteiger partial charge in [0.25, 0.3) is 0 Å². The van der Waals surface area contributed by atoms with Gasteiger partial charge in [0.1, 0.15) is 17.0 Å². The van der Waals surface area contributed by atoms with E-state index in [-0.39, 0.29) is 17.5 Å². The van der Waals surface area contributed by atoms with E-state index in [1.807, 2.05) is 18.2 Å². The first kappa shape index (κ1) is 14.6. The average Bonchev–Trinajstić information content (AvgIpc) is 3.12. The van der Waals surface area contributed by atoms with Crippen LogP contribution in [-0.4, -0.2) is 35.9 Å². The summed E-state index contributed by atoms with van der Waals surface area (Å²) < 4.78 is 23.3. The van der Waals surface area contributed by atoms with Gasteiger partial charge in [-0.1, -0.05) is 30.3 Å². The second-order valence-corrected chi connectivity index (χ2v) is 8.75. The van der Waals surface area contributed by atoms with Gasteiger partial charge in [0.15, 0.2) is 9.84 Å². The lowest BCUT2D eigenvalue weighted by atomic mass is 10.1. The number of hydrogen-bond acceptors (Lipinski definition) is 6. The molecule has 0 amide bonds. The Morgan fingerprint density at radius 2 is 2.00 bits per heavy atom. The Hall–Kier alpha value is -1.99. The number of rotatable bonds is 3. The van der Waals surface area contributed by atoms with Crippen molar-refractivity contribution in [3.05, 3.63) is 42.0 Å². The van der Waals surface area contributed by atoms with Gasteiger partial charge in [-0.2, -0.15) is 0 Å². The molecule has 0 aliphatic carbocycles. The highest BCUT2D eigenvalue weighted by Gasteiger charge is 2.28. The Morgan fingerprint density at radius 1 is 1.17 bits per heavy atom. The summed E-state index contributed by atoms with van der Waals surface area (Å²) in [5.41, 5.74) is 2.19. The van der Waals surface area contributed by atoms with E-state index in [4.69, 9.17) is 0 Å². The molecule has 1 aromatic carbocycles. The standard InChI is InChI=1S/C16H15N3O2S2/c20-23(21)7-6-12(9-23)19-15-14-13(11-4-2-1-3-5-11)8-22-16(14)18-10-17-15/h1-5,8,10,12H,6-7,9H2,(H,17,18,19)/t12-/m1/s1. The van der Waals surface area contributed by atoms with Crippen LogP contribution in [0.4, 0.5) is 5.82 Å². The predicted octanol–water partition coefficient (Wildman–Crippen LogP) is 2.96. The Kier molecular flexibility index (Phi) is 3.54. The first-order valence-corrected chi connectivity index (χ1v) is 10.1. The molecule has 1 atom stereocenters. The molecule has 4 rings (SSSR count). The van der Waals surface area contributed by atoms with Gasteiger partial charge < -0.3 is 5.32 Å². The molecule has 1 aliphatic heterocycles. The molecule has 3 heterocycles. The van der Waals surface area contributed by atoms with Crippen LogP contribution in [0.2, 0.25) is 0 Å². The van der Waals surface area contributed by atoms with E-state index in [0.717, 1.165) is 27.2 Å². The number of nitrogens with one attached hydrogen (secondary N) is 1. The number of sulfone groups is 1. The van der Waals surface area contributed by atoms with Crippen LogP contribution < -0.4 is 5.32 Å². The number of anilines is 1. The summed E-state index contributed by atoms with van der Waals surface area (Å²) in [6.45, 7) is 0. The summed E-state index contributed by atoms with van der Waals surface area (Å²) in [6, 6.07) is 10.0. The highest BCUT2D eigenvalue weighted by Crippen LogP contribution is 2.36. The maximum atomic E-state index is 11.7. The van der Waals surface area contributed by atoms with Crippen molar-refractivity contribution in [3.8, 4) is 11.1 Å². The molecule has 0 spiro atoms. The Balaban J connectivity index is 1.77. The third-order valence-corrected chi connectivity index (χ3v) is 6.68. The lowest BCUT2D eigenvalue weighted by Gasteiger charge is -2.13. The lowest BCUT2D eigenvalue weighted by molar-refractivity contribution is 0.602. The molecule has 0 unspecified atom stereocenters. The maximum absolute atomic E-state index is 11.7. The molecule has 5 nitrogen and oxygen atoms in total. The number of benzene rings is 1. The van der Waals surface area contributed by atoms with Crippen LogP contribution >= 0.6 is 11.3 Å². The second kappa shape index (κ2) is 5.58. The van der Waals surface area contributed by atoms with Crippen molar-refractivity contribution in [2.24, 2.45) is 0 Å². The number of hydrogen-bond donors (Lipinski definition) is 1. The zero-order chi connectivity index (χ0) is 15.9. The zero-order valence-electron chi connectivity index (χ0n) is 12.3. The van der Waals surface area contributed by atoms with Crippen LogP contribution in [-0.2, 0) is 9.84 Å². The molecule has 1 saturated heterocycles. The first-order valence-electron chi connectivity index (χ1n) is 7.37. The van der Waals surface area contributed by atoms with Gasteiger partial charge in [-0.3, -0.25) is 0 Å². The minimum atomic E-state index is -2.92. The largest absolute Gasteiger partial charge is 0.366 e. The third-order valence-electron chi connectivity index (χ3n) is 4.03. The average molecular weight is 345 g/mol. The molecule has 1 N–H and O–H groups in total. The molecule has 3 aromatic rings. The van der Waals surface area contributed by atoms with E-state index in [9.17, 15) is 8.42 Å². The summed E-state index contributed by atoms with van der Waals surface area (Å²) in [4.78, 5) is 9.61. The maximum Gasteiger partial charge on any atom is 0.152 e. The Labute approximate surface area is 138 Å². The molecule has 7 heteroatoms. The van der Waals surface area contributed by atoms with Gasteiger partial charge in [-0.15, -0.1) is 11.3 Å². The fourth-order valence-electron chi connectivity index (χ4n) is 2.92. The summed E-state index contributed by atoms with van der Waals surface area (Å²) in [7, 11) is -2.92. The molecule has 118 valence electrons. The van der Waals surface area contributed by atoms with Crippen molar-refractivity contribution in [1.29, 1.82) is 0 Å². The lowest BCUT2D eigenvalue weighted by Crippen LogP contribution is -2.21. The van der Waals surface area contributed by atoms with E-state index in [0.29, 0.717) is 6.42 Å². The van der Waals surface area contributed by atoms with Crippen molar-refractivity contribution < 1.29 is 8.42 Å². The van der Waals surface area contributed by atoms with Crippen LogP contribution in [0.25, 0.3) is 21.3 Å². The SMILES string of the molecule is O=S1(=O)CC[C@@H](Nc2ncnc3scc(-c4ccccc4)c23)C1. The van der Waals surface area contributed by atoms with Crippen LogP contribution in [0, 0.1) is 0 Å². The molecule has 23 heavy (non-hydrogen) atoms. The van der Waals surface area contributed by atoms with Crippen LogP contribution in [0.5, 0.6) is 0 Å². The first-order chi connectivity index (χ1) is 11.1. The van der Waals surface area contributed by atoms with Crippen molar-refractivity contribution in [3.63, 3.8) is 0 Å². The highest BCUT2D eigenvalue weighted by atomic mass is 32.2. The van der Waals surface area contributed by atoms with Crippen LogP contribution in [0.15, 0.2) is 42.0 Å². The van der Waals surface area contributed by atoms with Crippen molar-refractivity contribution in [2.75, 3.05) is 16.8 Å². The molecule has 0 radical (unpaired) electrons. The van der Waals surface area contributed by atoms with E-state index >= 15 is 0 Å². The Bertz CT molecular complexity index is 952. The monoisotopic (exact) mass is 345 g/mol. The Morgan fingerprint density at radius 3 is 2.74 bits per heavy atom. The van der Waals surface area contributed by atoms with Crippen molar-refractivity contribution in [1.82, 2.24) is 9.97 Å². The molecule has 0 bridgehead atoms. The molecular weight excluding hydrogens is 330 g/mol. The zero-order valence-corrected chi connectivity index (χ0v) is 13.9. The highest BCUT2D eigenvalue weighted by molar-refractivity contribution is 7.91. The molecule has 1 fully saturated rings. The quantitative estimate of drug-likeness (QED) is 0.790. The van der Waals surface area contributed by atoms with Gasteiger partial charge in [-0.05, 0) is 12.0 Å². The smallest absolute Gasteiger partial charge is 0.152 e. The van der Waals surface area contributed by atoms with Crippen LogP contribution in [0.3, 0.4) is 0 Å². The van der Waals surface area contributed by atoms with E-state index in [1.165, 1.54) is 6.33 Å². The fourth-order valence-corrected chi connectivity index (χ4v) is 5.51. The number of thiophene rings is 1. The van der Waals surface area contributed by atoms with E-state index in [1.54, 1.807) is 11.3 Å². The summed E-state index contributed by atoms with van der Waals surface area (Å²) in [5, 5.41) is 6.35. The fraction of sp³-hybridized carbons (Fsp3) is 0.250. The van der Waals surface area contributed by atoms with Crippen molar-refractivity contribution in [2.45, 2.75) is 12.5 Å². The van der Waals surface area contributed by atoms with Gasteiger partial charge >= 0.3 is 0 Å². The summed E-state index contributed by atoms with van der Waals surface area (Å²) in [6.07, 6.45) is 2.15. The van der Waals surface area contributed by atoms with Gasteiger partial charge in [-0.25, -0.2) is 18.4 Å². The number of aromatic nitrogens is 2. The van der Waals surface area contributed by atoms with E-state index < -0.39 is 9.84 Å². The molecule has 2 aromatic heterocycles. The van der Waals surface area contributed by atoms with E-state index in [2.05, 4.69) is 32.8 Å². The molecular formula is C16H15N3O2S2. The third kappa shape index (κ3) is 2.82. The topological polar surface area (TPSA) is 72.0 Å². The van der Waals surface area contributed by atoms with Gasteiger partial charge in [0, 0.05) is 17.0 Å². The van der Waals surface area contributed by atoms with Gasteiger partial charge in [0.05, 0.1) is 16.9 Å². The minimum absolute atomic E-state index is 0.0818. The second-order valence-electron chi connectivity index (χ2n) is 5.66. The van der Waals surface area contributed by atoms with Crippen LogP contribution in [0.1, 0.15) is 6.42 Å². The predicted molar refractivity (Wildman–Crippen MR) is 93.5 cm³/mol. The number of fused-ring (bicyclic) bond motifs is 1. The molecule has 1 aliphatic rings. The normalized spacial score (nSPS) is 19.9. The minimum Gasteiger partial charge on any atom is -0.366 e. The summed E-state index contributed by atoms with van der Waals surface area (Å²) >= 11 is 1.57.